The van der Waals surface area contributed by atoms with Crippen LogP contribution in [0.5, 0.6) is 0 Å². The molecule has 1 N–H and O–H groups in total. The Labute approximate surface area is 171 Å². The van der Waals surface area contributed by atoms with Crippen molar-refractivity contribution in [3.63, 3.8) is 0 Å². The maximum absolute atomic E-state index is 12.6. The second-order valence-electron chi connectivity index (χ2n) is 6.95. The lowest BCUT2D eigenvalue weighted by atomic mass is 10.1. The van der Waals surface area contributed by atoms with Crippen LogP contribution in [-0.2, 0) is 26.0 Å². The molecule has 7 nitrogen and oxygen atoms in total. The number of ether oxygens (including phenoxy) is 1. The van der Waals surface area contributed by atoms with Crippen LogP contribution >= 0.6 is 0 Å². The van der Waals surface area contributed by atoms with E-state index in [4.69, 9.17) is 9.15 Å². The number of carbonyl (C=O) groups excluding carboxylic acids is 1. The van der Waals surface area contributed by atoms with Gasteiger partial charge < -0.3 is 14.5 Å². The van der Waals surface area contributed by atoms with Gasteiger partial charge in [0.1, 0.15) is 5.76 Å². The smallest absolute Gasteiger partial charge is 0.244 e. The van der Waals surface area contributed by atoms with Gasteiger partial charge in [0.15, 0.2) is 0 Å². The molecule has 1 aromatic carbocycles. The van der Waals surface area contributed by atoms with E-state index in [0.717, 1.165) is 24.2 Å². The number of amides is 1. The van der Waals surface area contributed by atoms with Gasteiger partial charge in [-0.3, -0.25) is 4.79 Å². The first-order valence-corrected chi connectivity index (χ1v) is 11.1. The number of sulfonamides is 1. The number of furan rings is 1. The molecule has 3 rings (SSSR count). The molecule has 0 saturated carbocycles. The molecule has 2 heterocycles. The predicted molar refractivity (Wildman–Crippen MR) is 110 cm³/mol. The summed E-state index contributed by atoms with van der Waals surface area (Å²) in [6.07, 6.45) is 6.30. The zero-order chi connectivity index (χ0) is 20.7. The van der Waals surface area contributed by atoms with E-state index in [9.17, 15) is 13.2 Å². The fraction of sp³-hybridized carbons (Fsp3) is 0.381. The number of hydrogen-bond donors (Lipinski definition) is 1. The van der Waals surface area contributed by atoms with Gasteiger partial charge in [-0.25, -0.2) is 8.42 Å². The van der Waals surface area contributed by atoms with Crippen molar-refractivity contribution in [2.24, 2.45) is 0 Å². The molecule has 8 heteroatoms. The lowest BCUT2D eigenvalue weighted by Gasteiger charge is -2.26. The van der Waals surface area contributed by atoms with E-state index in [1.54, 1.807) is 36.6 Å². The maximum atomic E-state index is 12.6. The molecule has 0 aliphatic carbocycles. The molecule has 1 aliphatic heterocycles. The summed E-state index contributed by atoms with van der Waals surface area (Å²) >= 11 is 0. The largest absolute Gasteiger partial charge is 0.469 e. The summed E-state index contributed by atoms with van der Waals surface area (Å²) in [4.78, 5) is 12.3. The van der Waals surface area contributed by atoms with Crippen LogP contribution in [0.4, 0.5) is 0 Å². The Morgan fingerprint density at radius 2 is 1.93 bits per heavy atom. The maximum Gasteiger partial charge on any atom is 0.244 e. The van der Waals surface area contributed by atoms with Gasteiger partial charge in [-0.2, -0.15) is 4.31 Å². The van der Waals surface area contributed by atoms with Gasteiger partial charge in [0.2, 0.25) is 15.9 Å². The summed E-state index contributed by atoms with van der Waals surface area (Å²) in [5.41, 5.74) is 0.754. The Hall–Kier alpha value is -2.42. The minimum absolute atomic E-state index is 0.0123. The average Bonchev–Trinajstić information content (AvgIpc) is 3.25. The zero-order valence-electron chi connectivity index (χ0n) is 16.4. The Morgan fingerprint density at radius 3 is 2.59 bits per heavy atom. The van der Waals surface area contributed by atoms with Crippen LogP contribution in [-0.4, -0.2) is 51.0 Å². The summed E-state index contributed by atoms with van der Waals surface area (Å²) in [7, 11) is -3.51. The minimum Gasteiger partial charge on any atom is -0.469 e. The quantitative estimate of drug-likeness (QED) is 0.665. The highest BCUT2D eigenvalue weighted by Crippen LogP contribution is 2.18. The third-order valence-corrected chi connectivity index (χ3v) is 6.62. The highest BCUT2D eigenvalue weighted by Gasteiger charge is 2.25. The molecular weight excluding hydrogens is 392 g/mol. The van der Waals surface area contributed by atoms with Crippen molar-refractivity contribution in [1.29, 1.82) is 0 Å². The van der Waals surface area contributed by atoms with E-state index in [2.05, 4.69) is 5.32 Å². The second-order valence-corrected chi connectivity index (χ2v) is 8.88. The van der Waals surface area contributed by atoms with E-state index < -0.39 is 10.0 Å². The monoisotopic (exact) mass is 418 g/mol. The van der Waals surface area contributed by atoms with Crippen molar-refractivity contribution >= 4 is 22.0 Å². The third-order valence-electron chi connectivity index (χ3n) is 4.71. The molecular formula is C21H26N2O5S. The molecule has 1 atom stereocenters. The zero-order valence-corrected chi connectivity index (χ0v) is 17.2. The summed E-state index contributed by atoms with van der Waals surface area (Å²) in [6.45, 7) is 3.49. The standard InChI is InChI=1S/C21H26N2O5S/c1-17(4-8-19-3-2-14-28-19)22-21(24)11-7-18-5-9-20(10-6-18)29(25,26)23-12-15-27-16-13-23/h2-3,5-7,9-11,14,17H,4,8,12-13,15-16H2,1H3,(H,22,24)/b11-7+. The molecule has 0 radical (unpaired) electrons. The molecule has 1 unspecified atom stereocenters. The SMILES string of the molecule is CC(CCc1ccco1)NC(=O)/C=C/c1ccc(S(=O)(=O)N2CCOCC2)cc1. The summed E-state index contributed by atoms with van der Waals surface area (Å²) in [5, 5.41) is 2.91. The Morgan fingerprint density at radius 1 is 1.21 bits per heavy atom. The van der Waals surface area contributed by atoms with Crippen LogP contribution in [0.2, 0.25) is 0 Å². The van der Waals surface area contributed by atoms with Gasteiger partial charge in [0, 0.05) is 31.6 Å². The molecule has 2 aromatic rings. The molecule has 1 fully saturated rings. The first-order valence-electron chi connectivity index (χ1n) is 9.64. The molecule has 0 bridgehead atoms. The van der Waals surface area contributed by atoms with E-state index in [0.29, 0.717) is 26.3 Å². The lowest BCUT2D eigenvalue weighted by Crippen LogP contribution is -2.40. The summed E-state index contributed by atoms with van der Waals surface area (Å²) < 4.78 is 37.2. The molecule has 1 amide bonds. The topological polar surface area (TPSA) is 88.8 Å². The average molecular weight is 419 g/mol. The number of nitrogens with one attached hydrogen (secondary N) is 1. The summed E-state index contributed by atoms with van der Waals surface area (Å²) in [6, 6.07) is 10.3. The van der Waals surface area contributed by atoms with Crippen LogP contribution < -0.4 is 5.32 Å². The van der Waals surface area contributed by atoms with Gasteiger partial charge in [-0.1, -0.05) is 12.1 Å². The molecule has 1 aromatic heterocycles. The number of nitrogens with zero attached hydrogens (tertiary/aromatic N) is 1. The Bertz CT molecular complexity index is 914. The number of benzene rings is 1. The van der Waals surface area contributed by atoms with E-state index in [1.807, 2.05) is 19.1 Å². The lowest BCUT2D eigenvalue weighted by molar-refractivity contribution is -0.117. The van der Waals surface area contributed by atoms with Gasteiger partial charge in [0.25, 0.3) is 0 Å². The first-order chi connectivity index (χ1) is 13.9. The van der Waals surface area contributed by atoms with E-state index in [1.165, 1.54) is 10.4 Å². The summed E-state index contributed by atoms with van der Waals surface area (Å²) in [5.74, 6) is 0.704. The highest BCUT2D eigenvalue weighted by atomic mass is 32.2. The predicted octanol–water partition coefficient (Wildman–Crippen LogP) is 2.45. The molecule has 156 valence electrons. The van der Waals surface area contributed by atoms with Crippen LogP contribution in [0.25, 0.3) is 6.08 Å². The molecule has 1 saturated heterocycles. The van der Waals surface area contributed by atoms with Crippen molar-refractivity contribution in [1.82, 2.24) is 9.62 Å². The molecule has 1 aliphatic rings. The number of carbonyl (C=O) groups is 1. The second kappa shape index (κ2) is 9.87. The molecule has 0 spiro atoms. The number of rotatable bonds is 8. The fourth-order valence-electron chi connectivity index (χ4n) is 3.04. The van der Waals surface area contributed by atoms with Crippen molar-refractivity contribution in [3.05, 3.63) is 60.1 Å². The van der Waals surface area contributed by atoms with Crippen molar-refractivity contribution in [2.45, 2.75) is 30.7 Å². The van der Waals surface area contributed by atoms with Gasteiger partial charge >= 0.3 is 0 Å². The Balaban J connectivity index is 1.51. The van der Waals surface area contributed by atoms with E-state index >= 15 is 0 Å². The number of morpholine rings is 1. The van der Waals surface area contributed by atoms with Crippen LogP contribution in [0, 0.1) is 0 Å². The van der Waals surface area contributed by atoms with Crippen molar-refractivity contribution in [3.8, 4) is 0 Å². The number of hydrogen-bond acceptors (Lipinski definition) is 5. The minimum atomic E-state index is -3.51. The number of aryl methyl sites for hydroxylation is 1. The van der Waals surface area contributed by atoms with Crippen molar-refractivity contribution in [2.75, 3.05) is 26.3 Å². The van der Waals surface area contributed by atoms with Gasteiger partial charge in [0.05, 0.1) is 24.4 Å². The first kappa shape index (κ1) is 21.3. The molecule has 29 heavy (non-hydrogen) atoms. The van der Waals surface area contributed by atoms with Crippen LogP contribution in [0.3, 0.4) is 0 Å². The van der Waals surface area contributed by atoms with Gasteiger partial charge in [-0.15, -0.1) is 0 Å². The van der Waals surface area contributed by atoms with Gasteiger partial charge in [-0.05, 0) is 49.2 Å². The third kappa shape index (κ3) is 6.03. The Kier molecular flexibility index (Phi) is 7.24. The normalized spacial score (nSPS) is 16.7. The van der Waals surface area contributed by atoms with Crippen LogP contribution in [0.15, 0.2) is 58.1 Å². The highest BCUT2D eigenvalue weighted by molar-refractivity contribution is 7.89. The van der Waals surface area contributed by atoms with Crippen molar-refractivity contribution < 1.29 is 22.4 Å². The fourth-order valence-corrected chi connectivity index (χ4v) is 4.44. The van der Waals surface area contributed by atoms with Crippen LogP contribution in [0.1, 0.15) is 24.7 Å². The van der Waals surface area contributed by atoms with E-state index in [-0.39, 0.29) is 16.8 Å².